The summed E-state index contributed by atoms with van der Waals surface area (Å²) in [5.74, 6) is 1.02. The molecule has 0 bridgehead atoms. The minimum atomic E-state index is 1.02. The smallest absolute Gasteiger partial charge is 0.0292 e. The van der Waals surface area contributed by atoms with Crippen molar-refractivity contribution in [1.82, 2.24) is 0 Å². The van der Waals surface area contributed by atoms with E-state index in [0.717, 1.165) is 5.75 Å². The SMILES string of the molecule is C=C=CCSSC. The van der Waals surface area contributed by atoms with E-state index in [1.807, 2.05) is 6.08 Å². The van der Waals surface area contributed by atoms with Crippen LogP contribution in [0.1, 0.15) is 0 Å². The van der Waals surface area contributed by atoms with Crippen molar-refractivity contribution in [3.05, 3.63) is 18.4 Å². The Morgan fingerprint density at radius 2 is 2.57 bits per heavy atom. The predicted molar refractivity (Wildman–Crippen MR) is 39.7 cm³/mol. The van der Waals surface area contributed by atoms with Crippen LogP contribution >= 0.6 is 21.6 Å². The fourth-order valence-corrected chi connectivity index (χ4v) is 1.10. The molecule has 0 saturated heterocycles. The van der Waals surface area contributed by atoms with Gasteiger partial charge in [0, 0.05) is 5.75 Å². The summed E-state index contributed by atoms with van der Waals surface area (Å²) in [6, 6.07) is 0. The molecule has 0 N–H and O–H groups in total. The van der Waals surface area contributed by atoms with Gasteiger partial charge >= 0.3 is 0 Å². The van der Waals surface area contributed by atoms with Crippen LogP contribution in [0.3, 0.4) is 0 Å². The summed E-state index contributed by atoms with van der Waals surface area (Å²) in [6.07, 6.45) is 3.97. The zero-order valence-corrected chi connectivity index (χ0v) is 5.94. The van der Waals surface area contributed by atoms with E-state index in [1.165, 1.54) is 0 Å². The third kappa shape index (κ3) is 6.22. The fraction of sp³-hybridized carbons (Fsp3) is 0.400. The van der Waals surface area contributed by atoms with Gasteiger partial charge in [-0.15, -0.1) is 5.73 Å². The highest BCUT2D eigenvalue weighted by molar-refractivity contribution is 8.76. The van der Waals surface area contributed by atoms with Gasteiger partial charge in [0.1, 0.15) is 0 Å². The summed E-state index contributed by atoms with van der Waals surface area (Å²) in [6.45, 7) is 3.43. The molecule has 0 nitrogen and oxygen atoms in total. The Morgan fingerprint density at radius 3 is 3.00 bits per heavy atom. The Bertz CT molecular complexity index is 72.1. The first-order chi connectivity index (χ1) is 3.41. The maximum absolute atomic E-state index is 3.43. The first kappa shape index (κ1) is 7.22. The van der Waals surface area contributed by atoms with E-state index in [0.29, 0.717) is 0 Å². The van der Waals surface area contributed by atoms with E-state index in [-0.39, 0.29) is 0 Å². The molecule has 2 heteroatoms. The molecule has 0 aliphatic heterocycles. The molecule has 0 unspecified atom stereocenters. The highest BCUT2D eigenvalue weighted by Crippen LogP contribution is 2.15. The lowest BCUT2D eigenvalue weighted by molar-refractivity contribution is 1.82. The van der Waals surface area contributed by atoms with Gasteiger partial charge in [-0.2, -0.15) is 0 Å². The molecule has 0 fully saturated rings. The van der Waals surface area contributed by atoms with Crippen LogP contribution in [0.2, 0.25) is 0 Å². The molecule has 40 valence electrons. The summed E-state index contributed by atoms with van der Waals surface area (Å²) in [7, 11) is 3.55. The molecule has 0 amide bonds. The van der Waals surface area contributed by atoms with Crippen LogP contribution in [-0.2, 0) is 0 Å². The van der Waals surface area contributed by atoms with Gasteiger partial charge in [0.05, 0.1) is 0 Å². The minimum absolute atomic E-state index is 1.02. The molecule has 0 saturated carbocycles. The molecule has 0 spiro atoms. The van der Waals surface area contributed by atoms with E-state index in [4.69, 9.17) is 0 Å². The molecule has 0 aliphatic rings. The third-order valence-electron chi connectivity index (χ3n) is 0.414. The third-order valence-corrected chi connectivity index (χ3v) is 2.07. The Kier molecular flexibility index (Phi) is 6.42. The largest absolute Gasteiger partial charge is 0.132 e. The van der Waals surface area contributed by atoms with Crippen molar-refractivity contribution in [1.29, 1.82) is 0 Å². The quantitative estimate of drug-likeness (QED) is 0.328. The standard InChI is InChI=1S/C5H8S2/c1-3-4-5-7-6-2/h4H,1,5H2,2H3. The molecule has 0 aromatic rings. The average Bonchev–Trinajstić information content (AvgIpc) is 1.69. The van der Waals surface area contributed by atoms with Crippen LogP contribution in [0.4, 0.5) is 0 Å². The van der Waals surface area contributed by atoms with Crippen molar-refractivity contribution in [2.45, 2.75) is 0 Å². The van der Waals surface area contributed by atoms with Crippen molar-refractivity contribution in [3.63, 3.8) is 0 Å². The van der Waals surface area contributed by atoms with Crippen molar-refractivity contribution < 1.29 is 0 Å². The Balaban J connectivity index is 2.83. The van der Waals surface area contributed by atoms with Gasteiger partial charge < -0.3 is 0 Å². The summed E-state index contributed by atoms with van der Waals surface area (Å²) < 4.78 is 0. The van der Waals surface area contributed by atoms with Crippen LogP contribution in [0, 0.1) is 0 Å². The molecule has 0 aromatic heterocycles. The van der Waals surface area contributed by atoms with Gasteiger partial charge in [0.15, 0.2) is 0 Å². The van der Waals surface area contributed by atoms with Crippen molar-refractivity contribution in [2.75, 3.05) is 12.0 Å². The predicted octanol–water partition coefficient (Wildman–Crippen LogP) is 2.34. The van der Waals surface area contributed by atoms with Crippen molar-refractivity contribution >= 4 is 21.6 Å². The summed E-state index contributed by atoms with van der Waals surface area (Å²) >= 11 is 0. The molecular weight excluding hydrogens is 124 g/mol. The molecule has 0 aliphatic carbocycles. The van der Waals surface area contributed by atoms with E-state index in [1.54, 1.807) is 21.6 Å². The lowest BCUT2D eigenvalue weighted by atomic mass is 10.7. The first-order valence-electron chi connectivity index (χ1n) is 1.91. The maximum atomic E-state index is 3.43. The Labute approximate surface area is 52.5 Å². The molecule has 0 heterocycles. The second kappa shape index (κ2) is 6.22. The van der Waals surface area contributed by atoms with Gasteiger partial charge in [-0.1, -0.05) is 28.2 Å². The second-order valence-electron chi connectivity index (χ2n) is 0.859. The zero-order valence-electron chi connectivity index (χ0n) is 4.31. The molecule has 0 radical (unpaired) electrons. The lowest BCUT2D eigenvalue weighted by Crippen LogP contribution is -1.57. The van der Waals surface area contributed by atoms with Crippen molar-refractivity contribution in [2.24, 2.45) is 0 Å². The molecular formula is C5H8S2. The van der Waals surface area contributed by atoms with Crippen LogP contribution in [0.15, 0.2) is 18.4 Å². The Morgan fingerprint density at radius 1 is 1.86 bits per heavy atom. The Hall–Kier alpha value is 0.220. The van der Waals surface area contributed by atoms with E-state index in [9.17, 15) is 0 Å². The minimum Gasteiger partial charge on any atom is -0.132 e. The van der Waals surface area contributed by atoms with Gasteiger partial charge in [0.25, 0.3) is 0 Å². The summed E-state index contributed by atoms with van der Waals surface area (Å²) in [5.41, 5.74) is 2.69. The van der Waals surface area contributed by atoms with Gasteiger partial charge in [0.2, 0.25) is 0 Å². The zero-order chi connectivity index (χ0) is 5.54. The maximum Gasteiger partial charge on any atom is 0.0292 e. The monoisotopic (exact) mass is 132 g/mol. The lowest BCUT2D eigenvalue weighted by Gasteiger charge is -1.82. The average molecular weight is 132 g/mol. The fourth-order valence-electron chi connectivity index (χ4n) is 0.161. The van der Waals surface area contributed by atoms with E-state index >= 15 is 0 Å². The van der Waals surface area contributed by atoms with Crippen LogP contribution in [-0.4, -0.2) is 12.0 Å². The second-order valence-corrected chi connectivity index (χ2v) is 3.47. The summed E-state index contributed by atoms with van der Waals surface area (Å²) in [5, 5.41) is 0. The van der Waals surface area contributed by atoms with Gasteiger partial charge in [-0.25, -0.2) is 0 Å². The molecule has 7 heavy (non-hydrogen) atoms. The van der Waals surface area contributed by atoms with Crippen LogP contribution < -0.4 is 0 Å². The highest BCUT2D eigenvalue weighted by Gasteiger charge is 1.72. The van der Waals surface area contributed by atoms with E-state index in [2.05, 4.69) is 18.6 Å². The van der Waals surface area contributed by atoms with Crippen LogP contribution in [0.25, 0.3) is 0 Å². The number of hydrogen-bond donors (Lipinski definition) is 0. The van der Waals surface area contributed by atoms with Gasteiger partial charge in [-0.05, 0) is 12.3 Å². The first-order valence-corrected chi connectivity index (χ1v) is 4.64. The normalized spacial score (nSPS) is 7.57. The van der Waals surface area contributed by atoms with E-state index < -0.39 is 0 Å². The number of rotatable bonds is 3. The number of hydrogen-bond acceptors (Lipinski definition) is 2. The van der Waals surface area contributed by atoms with Crippen molar-refractivity contribution in [3.8, 4) is 0 Å². The molecule has 0 atom stereocenters. The summed E-state index contributed by atoms with van der Waals surface area (Å²) in [4.78, 5) is 0. The highest BCUT2D eigenvalue weighted by atomic mass is 33.1. The topological polar surface area (TPSA) is 0 Å². The van der Waals surface area contributed by atoms with Crippen LogP contribution in [0.5, 0.6) is 0 Å². The van der Waals surface area contributed by atoms with Gasteiger partial charge in [-0.3, -0.25) is 0 Å². The molecule has 0 rings (SSSR count). The molecule has 0 aromatic carbocycles.